The van der Waals surface area contributed by atoms with Crippen molar-refractivity contribution >= 4 is 5.91 Å². The number of amides is 1. The lowest BCUT2D eigenvalue weighted by Gasteiger charge is -2.04. The highest BCUT2D eigenvalue weighted by molar-refractivity contribution is 5.91. The monoisotopic (exact) mass is 210 g/mol. The Labute approximate surface area is 88.4 Å². The van der Waals surface area contributed by atoms with E-state index in [2.05, 4.69) is 10.5 Å². The first-order valence-electron chi connectivity index (χ1n) is 4.59. The van der Waals surface area contributed by atoms with E-state index < -0.39 is 0 Å². The second-order valence-electron chi connectivity index (χ2n) is 2.94. The fraction of sp³-hybridized carbons (Fsp3) is 0.400. The summed E-state index contributed by atoms with van der Waals surface area (Å²) >= 11 is 0. The predicted molar refractivity (Wildman–Crippen MR) is 54.3 cm³/mol. The Morgan fingerprint density at radius 1 is 1.47 bits per heavy atom. The molecule has 0 saturated carbocycles. The smallest absolute Gasteiger partial charge is 0.293 e. The Hall–Kier alpha value is -1.46. The molecule has 1 aromatic heterocycles. The molecule has 0 aromatic carbocycles. The molecule has 1 heterocycles. The molecule has 82 valence electrons. The van der Waals surface area contributed by atoms with E-state index in [1.54, 1.807) is 19.2 Å². The highest BCUT2D eigenvalue weighted by atomic mass is 16.7. The van der Waals surface area contributed by atoms with Crippen LogP contribution in [0.25, 0.3) is 0 Å². The zero-order valence-electron chi connectivity index (χ0n) is 8.82. The van der Waals surface area contributed by atoms with E-state index in [1.807, 2.05) is 13.0 Å². The van der Waals surface area contributed by atoms with Crippen molar-refractivity contribution in [2.24, 2.45) is 0 Å². The van der Waals surface area contributed by atoms with Gasteiger partial charge in [0.05, 0.1) is 13.2 Å². The van der Waals surface area contributed by atoms with E-state index in [0.717, 1.165) is 5.69 Å². The van der Waals surface area contributed by atoms with Gasteiger partial charge in [-0.25, -0.2) is 10.5 Å². The number of pyridine rings is 1. The summed E-state index contributed by atoms with van der Waals surface area (Å²) in [7, 11) is 1.56. The van der Waals surface area contributed by atoms with Crippen LogP contribution in [0.3, 0.4) is 0 Å². The molecule has 0 aliphatic heterocycles. The number of nitrogens with zero attached hydrogens (tertiary/aromatic N) is 1. The minimum Gasteiger partial charge on any atom is -0.382 e. The van der Waals surface area contributed by atoms with Crippen LogP contribution in [0.15, 0.2) is 18.2 Å². The number of hydrogen-bond donors (Lipinski definition) is 1. The molecule has 0 radical (unpaired) electrons. The van der Waals surface area contributed by atoms with Crippen LogP contribution in [0.1, 0.15) is 16.2 Å². The molecule has 0 bridgehead atoms. The molecule has 0 fully saturated rings. The van der Waals surface area contributed by atoms with Gasteiger partial charge >= 0.3 is 0 Å². The van der Waals surface area contributed by atoms with Crippen LogP contribution >= 0.6 is 0 Å². The Balaban J connectivity index is 2.40. The molecular weight excluding hydrogens is 196 g/mol. The van der Waals surface area contributed by atoms with Gasteiger partial charge in [0, 0.05) is 12.8 Å². The van der Waals surface area contributed by atoms with Gasteiger partial charge in [0.2, 0.25) is 0 Å². The third-order valence-corrected chi connectivity index (χ3v) is 1.68. The van der Waals surface area contributed by atoms with Crippen molar-refractivity contribution in [3.8, 4) is 0 Å². The van der Waals surface area contributed by atoms with Crippen molar-refractivity contribution in [2.75, 3.05) is 20.3 Å². The third-order valence-electron chi connectivity index (χ3n) is 1.68. The van der Waals surface area contributed by atoms with Crippen LogP contribution in [0.5, 0.6) is 0 Å². The zero-order valence-corrected chi connectivity index (χ0v) is 8.82. The number of aryl methyl sites for hydroxylation is 1. The minimum absolute atomic E-state index is 0.314. The molecule has 1 amide bonds. The quantitative estimate of drug-likeness (QED) is 0.574. The Bertz CT molecular complexity index is 328. The van der Waals surface area contributed by atoms with Crippen LogP contribution in [-0.2, 0) is 9.57 Å². The van der Waals surface area contributed by atoms with Crippen molar-refractivity contribution in [3.05, 3.63) is 29.6 Å². The van der Waals surface area contributed by atoms with Gasteiger partial charge in [0.1, 0.15) is 5.69 Å². The number of ether oxygens (including phenoxy) is 1. The SMILES string of the molecule is COCCONC(=O)c1cccc(C)n1. The zero-order chi connectivity index (χ0) is 11.1. The molecule has 5 nitrogen and oxygen atoms in total. The first-order chi connectivity index (χ1) is 7.24. The van der Waals surface area contributed by atoms with Crippen molar-refractivity contribution in [3.63, 3.8) is 0 Å². The molecule has 5 heteroatoms. The lowest BCUT2D eigenvalue weighted by molar-refractivity contribution is 0.00857. The lowest BCUT2D eigenvalue weighted by atomic mass is 10.3. The molecule has 1 aromatic rings. The largest absolute Gasteiger partial charge is 0.382 e. The summed E-state index contributed by atoms with van der Waals surface area (Å²) in [6, 6.07) is 5.22. The number of rotatable bonds is 5. The normalized spacial score (nSPS) is 10.0. The predicted octanol–water partition coefficient (Wildman–Crippen LogP) is 0.698. The van der Waals surface area contributed by atoms with Crippen LogP contribution in [0, 0.1) is 6.92 Å². The van der Waals surface area contributed by atoms with Crippen molar-refractivity contribution < 1.29 is 14.4 Å². The fourth-order valence-electron chi connectivity index (χ4n) is 0.963. The number of hydroxylamine groups is 1. The summed E-state index contributed by atoms with van der Waals surface area (Å²) in [5, 5.41) is 0. The molecule has 0 spiro atoms. The maximum Gasteiger partial charge on any atom is 0.293 e. The van der Waals surface area contributed by atoms with Gasteiger partial charge in [0.25, 0.3) is 5.91 Å². The summed E-state index contributed by atoms with van der Waals surface area (Å²) in [5.74, 6) is -0.352. The maximum atomic E-state index is 11.4. The van der Waals surface area contributed by atoms with Gasteiger partial charge in [-0.3, -0.25) is 9.63 Å². The molecule has 1 N–H and O–H groups in total. The average molecular weight is 210 g/mol. The Morgan fingerprint density at radius 2 is 2.27 bits per heavy atom. The van der Waals surface area contributed by atoms with Gasteiger partial charge < -0.3 is 4.74 Å². The number of carbonyl (C=O) groups excluding carboxylic acids is 1. The van der Waals surface area contributed by atoms with E-state index in [1.165, 1.54) is 0 Å². The summed E-state index contributed by atoms with van der Waals surface area (Å²) in [6.07, 6.45) is 0. The average Bonchev–Trinajstić information content (AvgIpc) is 2.24. The molecule has 0 saturated heterocycles. The van der Waals surface area contributed by atoms with Crippen LogP contribution in [-0.4, -0.2) is 31.2 Å². The second kappa shape index (κ2) is 6.10. The van der Waals surface area contributed by atoms with Crippen molar-refractivity contribution in [1.29, 1.82) is 0 Å². The number of carbonyl (C=O) groups is 1. The first kappa shape index (κ1) is 11.6. The van der Waals surface area contributed by atoms with E-state index >= 15 is 0 Å². The number of aromatic nitrogens is 1. The standard InChI is InChI=1S/C10H14N2O3/c1-8-4-3-5-9(11-8)10(13)12-15-7-6-14-2/h3-5H,6-7H2,1-2H3,(H,12,13). The highest BCUT2D eigenvalue weighted by Crippen LogP contribution is 1.97. The van der Waals surface area contributed by atoms with E-state index in [0.29, 0.717) is 18.9 Å². The fourth-order valence-corrected chi connectivity index (χ4v) is 0.963. The van der Waals surface area contributed by atoms with Crippen LogP contribution in [0.4, 0.5) is 0 Å². The lowest BCUT2D eigenvalue weighted by Crippen LogP contribution is -2.26. The third kappa shape index (κ3) is 4.05. The topological polar surface area (TPSA) is 60.5 Å². The van der Waals surface area contributed by atoms with E-state index in [-0.39, 0.29) is 5.91 Å². The van der Waals surface area contributed by atoms with Gasteiger partial charge in [-0.05, 0) is 19.1 Å². The van der Waals surface area contributed by atoms with Gasteiger partial charge in [-0.2, -0.15) is 0 Å². The molecular formula is C10H14N2O3. The summed E-state index contributed by atoms with van der Waals surface area (Å²) in [5.41, 5.74) is 3.41. The maximum absolute atomic E-state index is 11.4. The van der Waals surface area contributed by atoms with Crippen molar-refractivity contribution in [1.82, 2.24) is 10.5 Å². The Morgan fingerprint density at radius 3 is 2.93 bits per heavy atom. The molecule has 15 heavy (non-hydrogen) atoms. The van der Waals surface area contributed by atoms with Crippen LogP contribution in [0.2, 0.25) is 0 Å². The molecule has 1 rings (SSSR count). The second-order valence-corrected chi connectivity index (χ2v) is 2.94. The Kier molecular flexibility index (Phi) is 4.73. The van der Waals surface area contributed by atoms with Gasteiger partial charge in [0.15, 0.2) is 0 Å². The number of nitrogens with one attached hydrogen (secondary N) is 1. The first-order valence-corrected chi connectivity index (χ1v) is 4.59. The summed E-state index contributed by atoms with van der Waals surface area (Å²) in [4.78, 5) is 20.3. The van der Waals surface area contributed by atoms with E-state index in [4.69, 9.17) is 9.57 Å². The van der Waals surface area contributed by atoms with Crippen molar-refractivity contribution in [2.45, 2.75) is 6.92 Å². The molecule has 0 atom stereocenters. The number of hydrogen-bond acceptors (Lipinski definition) is 4. The van der Waals surface area contributed by atoms with Gasteiger partial charge in [-0.15, -0.1) is 0 Å². The molecule has 0 aliphatic carbocycles. The highest BCUT2D eigenvalue weighted by Gasteiger charge is 2.06. The summed E-state index contributed by atoms with van der Waals surface area (Å²) < 4.78 is 4.76. The van der Waals surface area contributed by atoms with Gasteiger partial charge in [-0.1, -0.05) is 6.07 Å². The molecule has 0 unspecified atom stereocenters. The minimum atomic E-state index is -0.352. The van der Waals surface area contributed by atoms with E-state index in [9.17, 15) is 4.79 Å². The summed E-state index contributed by atoms with van der Waals surface area (Å²) in [6.45, 7) is 2.57. The van der Waals surface area contributed by atoms with Crippen LogP contribution < -0.4 is 5.48 Å². The number of methoxy groups -OCH3 is 1. The molecule has 0 aliphatic rings.